The van der Waals surface area contributed by atoms with Crippen LogP contribution in [0, 0.1) is 0 Å². The summed E-state index contributed by atoms with van der Waals surface area (Å²) in [7, 11) is 1.32. The highest BCUT2D eigenvalue weighted by atomic mass is 16.5. The van der Waals surface area contributed by atoms with Gasteiger partial charge in [0.2, 0.25) is 0 Å². The van der Waals surface area contributed by atoms with E-state index in [1.54, 1.807) is 6.92 Å². The lowest BCUT2D eigenvalue weighted by molar-refractivity contribution is -0.141. The van der Waals surface area contributed by atoms with Crippen molar-refractivity contribution in [2.45, 2.75) is 25.3 Å². The van der Waals surface area contributed by atoms with E-state index in [4.69, 9.17) is 4.74 Å². The molecule has 0 radical (unpaired) electrons. The first-order valence-electron chi connectivity index (χ1n) is 8.28. The van der Waals surface area contributed by atoms with Crippen LogP contribution in [0.1, 0.15) is 30.4 Å². The van der Waals surface area contributed by atoms with Crippen LogP contribution in [0.5, 0.6) is 0 Å². The summed E-state index contributed by atoms with van der Waals surface area (Å²) in [5.74, 6) is -0.347. The maximum Gasteiger partial charge on any atom is 0.407 e. The monoisotopic (exact) mass is 339 g/mol. The Kier molecular flexibility index (Phi) is 5.03. The molecule has 0 bridgehead atoms. The van der Waals surface area contributed by atoms with Crippen LogP contribution in [0.25, 0.3) is 11.1 Å². The molecule has 1 amide bonds. The average molecular weight is 339 g/mol. The summed E-state index contributed by atoms with van der Waals surface area (Å²) in [6.45, 7) is 1.99. The summed E-state index contributed by atoms with van der Waals surface area (Å²) in [6, 6.07) is 16.0. The van der Waals surface area contributed by atoms with Gasteiger partial charge in [-0.25, -0.2) is 4.79 Å². The Labute approximate surface area is 147 Å². The fourth-order valence-electron chi connectivity index (χ4n) is 3.23. The molecule has 1 aliphatic rings. The topological polar surface area (TPSA) is 64.6 Å². The van der Waals surface area contributed by atoms with Crippen molar-refractivity contribution in [2.75, 3.05) is 13.7 Å². The van der Waals surface area contributed by atoms with Gasteiger partial charge in [0.05, 0.1) is 13.5 Å². The van der Waals surface area contributed by atoms with Gasteiger partial charge in [-0.15, -0.1) is 0 Å². The minimum absolute atomic E-state index is 0.0223. The van der Waals surface area contributed by atoms with Crippen LogP contribution in [0.15, 0.2) is 48.5 Å². The number of hydrogen-bond donors (Lipinski definition) is 1. The van der Waals surface area contributed by atoms with E-state index in [0.29, 0.717) is 0 Å². The van der Waals surface area contributed by atoms with Crippen LogP contribution in [0.3, 0.4) is 0 Å². The molecule has 5 nitrogen and oxygen atoms in total. The molecule has 1 atom stereocenters. The summed E-state index contributed by atoms with van der Waals surface area (Å²) in [6.07, 6.45) is -0.418. The largest absolute Gasteiger partial charge is 0.469 e. The number of amides is 1. The van der Waals surface area contributed by atoms with Gasteiger partial charge in [0.1, 0.15) is 6.61 Å². The molecule has 0 spiro atoms. The molecule has 0 fully saturated rings. The number of alkyl carbamates (subject to hydrolysis) is 1. The predicted molar refractivity (Wildman–Crippen MR) is 94.3 cm³/mol. The van der Waals surface area contributed by atoms with E-state index in [2.05, 4.69) is 34.3 Å². The van der Waals surface area contributed by atoms with Gasteiger partial charge < -0.3 is 14.8 Å². The highest BCUT2D eigenvalue weighted by molar-refractivity contribution is 5.79. The minimum Gasteiger partial charge on any atom is -0.469 e. The summed E-state index contributed by atoms with van der Waals surface area (Å²) in [5.41, 5.74) is 4.70. The number of nitrogens with one attached hydrogen (secondary N) is 1. The summed E-state index contributed by atoms with van der Waals surface area (Å²) in [5, 5.41) is 2.66. The van der Waals surface area contributed by atoms with Gasteiger partial charge in [-0.3, -0.25) is 4.79 Å². The van der Waals surface area contributed by atoms with E-state index in [0.717, 1.165) is 0 Å². The molecule has 0 saturated carbocycles. The first kappa shape index (κ1) is 17.0. The van der Waals surface area contributed by atoms with Crippen molar-refractivity contribution in [2.24, 2.45) is 0 Å². The molecule has 1 aliphatic carbocycles. The number of esters is 1. The first-order chi connectivity index (χ1) is 12.1. The Morgan fingerprint density at radius 3 is 2.16 bits per heavy atom. The third-order valence-corrected chi connectivity index (χ3v) is 4.41. The van der Waals surface area contributed by atoms with E-state index in [1.165, 1.54) is 29.4 Å². The fraction of sp³-hybridized carbons (Fsp3) is 0.300. The third-order valence-electron chi connectivity index (χ3n) is 4.41. The zero-order valence-electron chi connectivity index (χ0n) is 14.3. The normalized spacial score (nSPS) is 13.5. The number of carbonyl (C=O) groups is 2. The second-order valence-corrected chi connectivity index (χ2v) is 6.15. The Balaban J connectivity index is 1.65. The van der Waals surface area contributed by atoms with Crippen LogP contribution >= 0.6 is 0 Å². The van der Waals surface area contributed by atoms with Crippen molar-refractivity contribution in [3.05, 3.63) is 59.7 Å². The van der Waals surface area contributed by atoms with Gasteiger partial charge in [-0.2, -0.15) is 0 Å². The van der Waals surface area contributed by atoms with Crippen LogP contribution < -0.4 is 5.32 Å². The molecule has 0 saturated heterocycles. The molecule has 3 rings (SSSR count). The maximum absolute atomic E-state index is 12.0. The van der Waals surface area contributed by atoms with E-state index in [-0.39, 0.29) is 31.0 Å². The maximum atomic E-state index is 12.0. The van der Waals surface area contributed by atoms with Gasteiger partial charge in [-0.05, 0) is 29.2 Å². The van der Waals surface area contributed by atoms with Crippen molar-refractivity contribution in [1.29, 1.82) is 0 Å². The van der Waals surface area contributed by atoms with E-state index >= 15 is 0 Å². The number of benzene rings is 2. The highest BCUT2D eigenvalue weighted by Crippen LogP contribution is 2.44. The zero-order chi connectivity index (χ0) is 17.8. The van der Waals surface area contributed by atoms with E-state index < -0.39 is 6.09 Å². The van der Waals surface area contributed by atoms with E-state index in [1.807, 2.05) is 24.3 Å². The lowest BCUT2D eigenvalue weighted by atomic mass is 9.98. The predicted octanol–water partition coefficient (Wildman–Crippen LogP) is 3.48. The summed E-state index contributed by atoms with van der Waals surface area (Å²) >= 11 is 0. The smallest absolute Gasteiger partial charge is 0.407 e. The van der Waals surface area contributed by atoms with Crippen molar-refractivity contribution in [3.8, 4) is 11.1 Å². The molecule has 1 unspecified atom stereocenters. The third kappa shape index (κ3) is 3.65. The SMILES string of the molecule is COC(=O)CC(C)NC(=O)OCC1c2ccccc2-c2ccccc21. The first-order valence-corrected chi connectivity index (χ1v) is 8.28. The molecule has 0 aliphatic heterocycles. The van der Waals surface area contributed by atoms with Gasteiger partial charge >= 0.3 is 12.1 Å². The average Bonchev–Trinajstić information content (AvgIpc) is 2.93. The van der Waals surface area contributed by atoms with Crippen molar-refractivity contribution < 1.29 is 19.1 Å². The van der Waals surface area contributed by atoms with Crippen molar-refractivity contribution >= 4 is 12.1 Å². The Morgan fingerprint density at radius 2 is 1.60 bits per heavy atom. The quantitative estimate of drug-likeness (QED) is 0.847. The molecule has 2 aromatic carbocycles. The number of methoxy groups -OCH3 is 1. The zero-order valence-corrected chi connectivity index (χ0v) is 14.3. The van der Waals surface area contributed by atoms with Crippen LogP contribution in [-0.4, -0.2) is 31.8 Å². The number of rotatable bonds is 5. The molecule has 25 heavy (non-hydrogen) atoms. The summed E-state index contributed by atoms with van der Waals surface area (Å²) in [4.78, 5) is 23.2. The van der Waals surface area contributed by atoms with Gasteiger partial charge in [0.25, 0.3) is 0 Å². The molecule has 2 aromatic rings. The minimum atomic E-state index is -0.529. The standard InChI is InChI=1S/C20H21NO4/c1-13(11-19(22)24-2)21-20(23)25-12-18-16-9-5-3-7-14(16)15-8-4-6-10-17(15)18/h3-10,13,18H,11-12H2,1-2H3,(H,21,23). The van der Waals surface area contributed by atoms with Gasteiger partial charge in [0, 0.05) is 12.0 Å². The number of hydrogen-bond acceptors (Lipinski definition) is 4. The Hall–Kier alpha value is -2.82. The molecule has 0 aromatic heterocycles. The van der Waals surface area contributed by atoms with Crippen molar-refractivity contribution in [1.82, 2.24) is 5.32 Å². The van der Waals surface area contributed by atoms with Crippen LogP contribution in [0.2, 0.25) is 0 Å². The van der Waals surface area contributed by atoms with E-state index in [9.17, 15) is 9.59 Å². The molecule has 0 heterocycles. The van der Waals surface area contributed by atoms with Crippen LogP contribution in [0.4, 0.5) is 4.79 Å². The summed E-state index contributed by atoms with van der Waals surface area (Å²) < 4.78 is 10.0. The lowest BCUT2D eigenvalue weighted by Gasteiger charge is -2.16. The fourth-order valence-corrected chi connectivity index (χ4v) is 3.23. The van der Waals surface area contributed by atoms with Crippen LogP contribution in [-0.2, 0) is 14.3 Å². The van der Waals surface area contributed by atoms with Gasteiger partial charge in [-0.1, -0.05) is 48.5 Å². The molecule has 5 heteroatoms. The molecule has 1 N–H and O–H groups in total. The molecular formula is C20H21NO4. The van der Waals surface area contributed by atoms with Gasteiger partial charge in [0.15, 0.2) is 0 Å². The Bertz CT molecular complexity index is 741. The number of fused-ring (bicyclic) bond motifs is 3. The molecule has 130 valence electrons. The van der Waals surface area contributed by atoms with Crippen molar-refractivity contribution in [3.63, 3.8) is 0 Å². The number of ether oxygens (including phenoxy) is 2. The highest BCUT2D eigenvalue weighted by Gasteiger charge is 2.29. The molecular weight excluding hydrogens is 318 g/mol. The lowest BCUT2D eigenvalue weighted by Crippen LogP contribution is -2.35. The second-order valence-electron chi connectivity index (χ2n) is 6.15. The Morgan fingerprint density at radius 1 is 1.04 bits per heavy atom. The second kappa shape index (κ2) is 7.38. The number of carbonyl (C=O) groups excluding carboxylic acids is 2.